The number of amides is 1. The summed E-state index contributed by atoms with van der Waals surface area (Å²) >= 11 is 0. The molecular formula is C18H17F2NO3. The fraction of sp³-hybridized carbons (Fsp3) is 0.278. The van der Waals surface area contributed by atoms with Gasteiger partial charge in [0.2, 0.25) is 0 Å². The van der Waals surface area contributed by atoms with Gasteiger partial charge in [-0.15, -0.1) is 0 Å². The van der Waals surface area contributed by atoms with Crippen LogP contribution in [0.25, 0.3) is 0 Å². The van der Waals surface area contributed by atoms with Gasteiger partial charge in [0.1, 0.15) is 11.5 Å². The molecule has 4 nitrogen and oxygen atoms in total. The third-order valence-electron chi connectivity index (χ3n) is 4.29. The molecule has 0 unspecified atom stereocenters. The van der Waals surface area contributed by atoms with Crippen LogP contribution in [0.2, 0.25) is 0 Å². The highest BCUT2D eigenvalue weighted by Crippen LogP contribution is 2.61. The Hall–Kier alpha value is -2.63. The number of phenols is 1. The molecule has 2 aromatic carbocycles. The standard InChI is InChI=1S/C18H17F2NO3/c1-24-12-7-8-13(15(22)9-12)17(23)21-10-14-16(18(14,19)20)11-5-3-2-4-6-11/h2-9,14,16,22H,10H2,1H3,(H,21,23)/t14-,16-/m1/s1. The number of ether oxygens (including phenoxy) is 1. The molecule has 1 fully saturated rings. The molecular weight excluding hydrogens is 316 g/mol. The van der Waals surface area contributed by atoms with Gasteiger partial charge in [-0.05, 0) is 17.7 Å². The van der Waals surface area contributed by atoms with E-state index in [0.717, 1.165) is 0 Å². The van der Waals surface area contributed by atoms with Crippen LogP contribution in [0, 0.1) is 5.92 Å². The number of nitrogens with one attached hydrogen (secondary N) is 1. The minimum atomic E-state index is -2.84. The molecule has 0 aliphatic heterocycles. The predicted octanol–water partition coefficient (Wildman–Crippen LogP) is 3.18. The SMILES string of the molecule is COc1ccc(C(=O)NC[C@@H]2[C@@H](c3ccccc3)C2(F)F)c(O)c1. The van der Waals surface area contributed by atoms with Crippen LogP contribution in [-0.2, 0) is 0 Å². The van der Waals surface area contributed by atoms with Crippen molar-refractivity contribution in [2.75, 3.05) is 13.7 Å². The van der Waals surface area contributed by atoms with Crippen LogP contribution < -0.4 is 10.1 Å². The van der Waals surface area contributed by atoms with Crippen LogP contribution in [0.15, 0.2) is 48.5 Å². The number of hydrogen-bond donors (Lipinski definition) is 2. The minimum Gasteiger partial charge on any atom is -0.507 e. The van der Waals surface area contributed by atoms with Crippen molar-refractivity contribution in [3.05, 3.63) is 59.7 Å². The first kappa shape index (κ1) is 16.2. The van der Waals surface area contributed by atoms with Gasteiger partial charge in [-0.1, -0.05) is 30.3 Å². The van der Waals surface area contributed by atoms with E-state index < -0.39 is 23.7 Å². The van der Waals surface area contributed by atoms with Gasteiger partial charge in [0, 0.05) is 12.6 Å². The number of alkyl halides is 2. The van der Waals surface area contributed by atoms with Crippen molar-refractivity contribution in [2.24, 2.45) is 5.92 Å². The zero-order valence-electron chi connectivity index (χ0n) is 13.0. The molecule has 2 N–H and O–H groups in total. The Morgan fingerprint density at radius 1 is 1.25 bits per heavy atom. The number of carbonyl (C=O) groups excluding carboxylic acids is 1. The third-order valence-corrected chi connectivity index (χ3v) is 4.29. The Labute approximate surface area is 138 Å². The average molecular weight is 333 g/mol. The smallest absolute Gasteiger partial charge is 0.260 e. The highest BCUT2D eigenvalue weighted by atomic mass is 19.3. The Balaban J connectivity index is 1.65. The van der Waals surface area contributed by atoms with Gasteiger partial charge in [-0.25, -0.2) is 8.78 Å². The number of phenolic OH excluding ortho intramolecular Hbond substituents is 1. The van der Waals surface area contributed by atoms with Crippen molar-refractivity contribution in [3.8, 4) is 11.5 Å². The zero-order chi connectivity index (χ0) is 17.3. The van der Waals surface area contributed by atoms with Crippen molar-refractivity contribution in [1.82, 2.24) is 5.32 Å². The highest BCUT2D eigenvalue weighted by Gasteiger charge is 2.68. The molecule has 0 spiro atoms. The largest absolute Gasteiger partial charge is 0.507 e. The second kappa shape index (κ2) is 6.11. The van der Waals surface area contributed by atoms with Crippen molar-refractivity contribution in [2.45, 2.75) is 11.8 Å². The van der Waals surface area contributed by atoms with Crippen molar-refractivity contribution in [1.29, 1.82) is 0 Å². The normalized spacial score (nSPS) is 21.1. The van der Waals surface area contributed by atoms with Crippen LogP contribution in [0.4, 0.5) is 8.78 Å². The predicted molar refractivity (Wildman–Crippen MR) is 84.6 cm³/mol. The molecule has 0 saturated heterocycles. The number of methoxy groups -OCH3 is 1. The lowest BCUT2D eigenvalue weighted by Gasteiger charge is -2.08. The van der Waals surface area contributed by atoms with Crippen LogP contribution in [0.3, 0.4) is 0 Å². The molecule has 0 radical (unpaired) electrons. The van der Waals surface area contributed by atoms with E-state index in [-0.39, 0.29) is 17.9 Å². The number of rotatable bonds is 5. The molecule has 1 aliphatic rings. The van der Waals surface area contributed by atoms with Gasteiger partial charge in [0.15, 0.2) is 0 Å². The second-order valence-electron chi connectivity index (χ2n) is 5.76. The minimum absolute atomic E-state index is 0.0241. The fourth-order valence-electron chi connectivity index (χ4n) is 2.89. The summed E-state index contributed by atoms with van der Waals surface area (Å²) in [5.41, 5.74) is 0.588. The average Bonchev–Trinajstić information content (AvgIpc) is 3.14. The fourth-order valence-corrected chi connectivity index (χ4v) is 2.89. The number of halogens is 2. The molecule has 1 amide bonds. The van der Waals surface area contributed by atoms with Gasteiger partial charge < -0.3 is 15.2 Å². The number of aromatic hydroxyl groups is 1. The quantitative estimate of drug-likeness (QED) is 0.883. The van der Waals surface area contributed by atoms with E-state index in [2.05, 4.69) is 5.32 Å². The first-order valence-corrected chi connectivity index (χ1v) is 7.53. The maximum atomic E-state index is 14.0. The van der Waals surface area contributed by atoms with E-state index in [9.17, 15) is 18.7 Å². The first-order valence-electron chi connectivity index (χ1n) is 7.53. The van der Waals surface area contributed by atoms with Gasteiger partial charge in [0.05, 0.1) is 24.5 Å². The summed E-state index contributed by atoms with van der Waals surface area (Å²) in [5, 5.41) is 12.3. The van der Waals surface area contributed by atoms with E-state index in [0.29, 0.717) is 11.3 Å². The van der Waals surface area contributed by atoms with E-state index in [1.807, 2.05) is 0 Å². The second-order valence-corrected chi connectivity index (χ2v) is 5.76. The summed E-state index contributed by atoms with van der Waals surface area (Å²) in [6, 6.07) is 12.7. The van der Waals surface area contributed by atoms with Crippen LogP contribution >= 0.6 is 0 Å². The molecule has 0 bridgehead atoms. The molecule has 6 heteroatoms. The maximum absolute atomic E-state index is 14.0. The molecule has 3 rings (SSSR count). The zero-order valence-corrected chi connectivity index (χ0v) is 13.0. The summed E-state index contributed by atoms with van der Waals surface area (Å²) in [6.45, 7) is -0.156. The van der Waals surface area contributed by atoms with Crippen LogP contribution in [-0.4, -0.2) is 30.6 Å². The number of benzene rings is 2. The van der Waals surface area contributed by atoms with Crippen molar-refractivity contribution >= 4 is 5.91 Å². The summed E-state index contributed by atoms with van der Waals surface area (Å²) in [5.74, 6) is -5.11. The highest BCUT2D eigenvalue weighted by molar-refractivity contribution is 5.97. The van der Waals surface area contributed by atoms with E-state index in [4.69, 9.17) is 4.74 Å². The van der Waals surface area contributed by atoms with E-state index >= 15 is 0 Å². The molecule has 2 aromatic rings. The van der Waals surface area contributed by atoms with Crippen molar-refractivity contribution in [3.63, 3.8) is 0 Å². The molecule has 1 aliphatic carbocycles. The van der Waals surface area contributed by atoms with Gasteiger partial charge in [0.25, 0.3) is 11.8 Å². The summed E-state index contributed by atoms with van der Waals surface area (Å²) in [4.78, 5) is 12.1. The Bertz CT molecular complexity index is 749. The summed E-state index contributed by atoms with van der Waals surface area (Å²) in [7, 11) is 1.44. The van der Waals surface area contributed by atoms with Gasteiger partial charge >= 0.3 is 0 Å². The van der Waals surface area contributed by atoms with E-state index in [1.54, 1.807) is 30.3 Å². The lowest BCUT2D eigenvalue weighted by molar-refractivity contribution is 0.0872. The maximum Gasteiger partial charge on any atom is 0.260 e. The van der Waals surface area contributed by atoms with Crippen LogP contribution in [0.1, 0.15) is 21.8 Å². The molecule has 0 aromatic heterocycles. The van der Waals surface area contributed by atoms with Gasteiger partial charge in [-0.3, -0.25) is 4.79 Å². The number of hydrogen-bond acceptors (Lipinski definition) is 3. The van der Waals surface area contributed by atoms with Gasteiger partial charge in [-0.2, -0.15) is 0 Å². The Kier molecular flexibility index (Phi) is 4.13. The topological polar surface area (TPSA) is 58.6 Å². The number of carbonyl (C=O) groups is 1. The molecule has 1 saturated carbocycles. The molecule has 126 valence electrons. The lowest BCUT2D eigenvalue weighted by Crippen LogP contribution is -2.27. The summed E-state index contributed by atoms with van der Waals surface area (Å²) < 4.78 is 32.9. The first-order chi connectivity index (χ1) is 11.4. The molecule has 0 heterocycles. The Morgan fingerprint density at radius 2 is 1.96 bits per heavy atom. The van der Waals surface area contributed by atoms with E-state index in [1.165, 1.54) is 25.3 Å². The van der Waals surface area contributed by atoms with Crippen LogP contribution in [0.5, 0.6) is 11.5 Å². The Morgan fingerprint density at radius 3 is 2.58 bits per heavy atom. The molecule has 2 atom stereocenters. The summed E-state index contributed by atoms with van der Waals surface area (Å²) in [6.07, 6.45) is 0. The monoisotopic (exact) mass is 333 g/mol. The molecule has 24 heavy (non-hydrogen) atoms. The third kappa shape index (κ3) is 2.91. The van der Waals surface area contributed by atoms with Crippen molar-refractivity contribution < 1.29 is 23.4 Å². The lowest BCUT2D eigenvalue weighted by atomic mass is 10.1.